The largest absolute Gasteiger partial charge is 0.416 e. The Bertz CT molecular complexity index is 1130. The van der Waals surface area contributed by atoms with Crippen molar-refractivity contribution < 1.29 is 18.0 Å². The van der Waals surface area contributed by atoms with Crippen molar-refractivity contribution in [2.45, 2.75) is 19.0 Å². The number of fused-ring (bicyclic) bond motifs is 1. The molecular weight excluding hydrogens is 385 g/mol. The second-order valence-electron chi connectivity index (χ2n) is 6.78. The molecule has 1 aromatic carbocycles. The minimum absolute atomic E-state index is 0.0179. The van der Waals surface area contributed by atoms with Crippen LogP contribution in [0.25, 0.3) is 5.65 Å². The summed E-state index contributed by atoms with van der Waals surface area (Å²) >= 11 is 0. The van der Waals surface area contributed by atoms with Crippen molar-refractivity contribution in [2.75, 3.05) is 23.3 Å². The lowest BCUT2D eigenvalue weighted by Gasteiger charge is -2.23. The maximum absolute atomic E-state index is 13.2. The smallest absolute Gasteiger partial charge is 0.370 e. The molecule has 0 aliphatic carbocycles. The second-order valence-corrected chi connectivity index (χ2v) is 6.78. The van der Waals surface area contributed by atoms with Gasteiger partial charge >= 0.3 is 6.18 Å². The van der Waals surface area contributed by atoms with Gasteiger partial charge in [-0.15, -0.1) is 0 Å². The number of anilines is 2. The molecule has 0 saturated carbocycles. The normalized spacial score (nSPS) is 14.4. The first-order chi connectivity index (χ1) is 13.8. The van der Waals surface area contributed by atoms with Crippen LogP contribution in [-0.4, -0.2) is 28.4 Å². The molecule has 0 bridgehead atoms. The van der Waals surface area contributed by atoms with E-state index in [9.17, 15) is 22.8 Å². The van der Waals surface area contributed by atoms with Gasteiger partial charge in [-0.25, -0.2) is 4.98 Å². The lowest BCUT2D eigenvalue weighted by molar-refractivity contribution is -0.137. The zero-order valence-electron chi connectivity index (χ0n) is 15.2. The number of aromatic nitrogens is 2. The maximum Gasteiger partial charge on any atom is 0.416 e. The Balaban J connectivity index is 1.73. The van der Waals surface area contributed by atoms with Gasteiger partial charge in [0.05, 0.1) is 16.9 Å². The molecule has 9 heteroatoms. The van der Waals surface area contributed by atoms with Crippen LogP contribution in [0.1, 0.15) is 28.8 Å². The highest BCUT2D eigenvalue weighted by Gasteiger charge is 2.32. The highest BCUT2D eigenvalue weighted by molar-refractivity contribution is 6.05. The van der Waals surface area contributed by atoms with Crippen LogP contribution < -0.4 is 15.8 Å². The number of carbonyl (C=O) groups excluding carboxylic acids is 1. The molecule has 150 valence electrons. The van der Waals surface area contributed by atoms with E-state index >= 15 is 0 Å². The number of alkyl halides is 3. The van der Waals surface area contributed by atoms with Crippen LogP contribution in [0.2, 0.25) is 0 Å². The van der Waals surface area contributed by atoms with Crippen LogP contribution >= 0.6 is 0 Å². The highest BCUT2D eigenvalue weighted by atomic mass is 19.4. The van der Waals surface area contributed by atoms with Gasteiger partial charge in [0.25, 0.3) is 11.5 Å². The highest BCUT2D eigenvalue weighted by Crippen LogP contribution is 2.36. The van der Waals surface area contributed by atoms with E-state index < -0.39 is 23.2 Å². The van der Waals surface area contributed by atoms with E-state index in [1.807, 2.05) is 4.90 Å². The predicted molar refractivity (Wildman–Crippen MR) is 102 cm³/mol. The number of halogens is 3. The zero-order valence-corrected chi connectivity index (χ0v) is 15.2. The number of nitrogens with zero attached hydrogens (tertiary/aromatic N) is 3. The van der Waals surface area contributed by atoms with Gasteiger partial charge in [0.2, 0.25) is 0 Å². The van der Waals surface area contributed by atoms with Crippen LogP contribution in [0, 0.1) is 0 Å². The van der Waals surface area contributed by atoms with Gasteiger partial charge in [-0.2, -0.15) is 13.2 Å². The summed E-state index contributed by atoms with van der Waals surface area (Å²) in [6, 6.07) is 8.19. The fraction of sp³-hybridized carbons (Fsp3) is 0.250. The number of rotatable bonds is 3. The third kappa shape index (κ3) is 3.67. The molecule has 0 radical (unpaired) electrons. The Kier molecular flexibility index (Phi) is 4.73. The minimum Gasteiger partial charge on any atom is -0.370 e. The average molecular weight is 402 g/mol. The third-order valence-corrected chi connectivity index (χ3v) is 4.88. The van der Waals surface area contributed by atoms with E-state index in [0.717, 1.165) is 31.2 Å². The molecule has 4 rings (SSSR count). The Morgan fingerprint density at radius 1 is 1.10 bits per heavy atom. The van der Waals surface area contributed by atoms with Crippen molar-refractivity contribution in [2.24, 2.45) is 0 Å². The van der Waals surface area contributed by atoms with E-state index in [1.54, 1.807) is 18.2 Å². The quantitative estimate of drug-likeness (QED) is 0.728. The Morgan fingerprint density at radius 3 is 2.59 bits per heavy atom. The van der Waals surface area contributed by atoms with Crippen molar-refractivity contribution >= 4 is 22.9 Å². The number of carbonyl (C=O) groups is 1. The van der Waals surface area contributed by atoms with E-state index in [-0.39, 0.29) is 11.3 Å². The minimum atomic E-state index is -4.55. The summed E-state index contributed by atoms with van der Waals surface area (Å²) in [5.74, 6) is -0.805. The molecule has 0 spiro atoms. The van der Waals surface area contributed by atoms with Gasteiger partial charge < -0.3 is 10.2 Å². The van der Waals surface area contributed by atoms with E-state index in [4.69, 9.17) is 0 Å². The number of pyridine rings is 1. The van der Waals surface area contributed by atoms with Crippen LogP contribution in [-0.2, 0) is 6.18 Å². The van der Waals surface area contributed by atoms with E-state index in [0.29, 0.717) is 24.4 Å². The molecular formula is C20H17F3N4O2. The van der Waals surface area contributed by atoms with Gasteiger partial charge in [-0.3, -0.25) is 14.0 Å². The van der Waals surface area contributed by atoms with Gasteiger partial charge in [-0.05, 0) is 43.2 Å². The molecule has 29 heavy (non-hydrogen) atoms. The van der Waals surface area contributed by atoms with Gasteiger partial charge in [0.1, 0.15) is 11.2 Å². The predicted octanol–water partition coefficient (Wildman–Crippen LogP) is 3.57. The number of hydrogen-bond acceptors (Lipinski definition) is 4. The third-order valence-electron chi connectivity index (χ3n) is 4.88. The number of amides is 1. The van der Waals surface area contributed by atoms with Crippen LogP contribution in [0.15, 0.2) is 53.6 Å². The molecule has 1 saturated heterocycles. The van der Waals surface area contributed by atoms with Gasteiger partial charge in [-0.1, -0.05) is 6.07 Å². The molecule has 0 unspecified atom stereocenters. The molecule has 1 fully saturated rings. The monoisotopic (exact) mass is 402 g/mol. The Labute approximate surface area is 163 Å². The van der Waals surface area contributed by atoms with Gasteiger partial charge in [0, 0.05) is 25.5 Å². The summed E-state index contributed by atoms with van der Waals surface area (Å²) in [5.41, 5.74) is -0.835. The fourth-order valence-corrected chi connectivity index (χ4v) is 3.42. The standard InChI is InChI=1S/C20H17F3N4O2/c21-20(22,23)13-6-7-16(26-8-3-4-9-26)15(11-13)25-18(28)14-12-24-17-5-1-2-10-27(17)19(14)29/h1-2,5-7,10-12H,3-4,8-9H2,(H,25,28). The van der Waals surface area contributed by atoms with Crippen molar-refractivity contribution in [3.63, 3.8) is 0 Å². The topological polar surface area (TPSA) is 66.7 Å². The molecule has 3 aromatic rings. The SMILES string of the molecule is O=C(Nc1cc(C(F)(F)F)ccc1N1CCCC1)c1cnc2ccccn2c1=O. The van der Waals surface area contributed by atoms with Crippen LogP contribution in [0.3, 0.4) is 0 Å². The van der Waals surface area contributed by atoms with Crippen LogP contribution in [0.5, 0.6) is 0 Å². The van der Waals surface area contributed by atoms with Crippen molar-refractivity contribution in [1.82, 2.24) is 9.38 Å². The number of hydrogen-bond donors (Lipinski definition) is 1. The molecule has 1 amide bonds. The maximum atomic E-state index is 13.2. The molecule has 1 aliphatic rings. The summed E-state index contributed by atoms with van der Waals surface area (Å²) in [7, 11) is 0. The summed E-state index contributed by atoms with van der Waals surface area (Å²) < 4.78 is 40.8. The van der Waals surface area contributed by atoms with Crippen LogP contribution in [0.4, 0.5) is 24.5 Å². The first kappa shape index (κ1) is 19.0. The van der Waals surface area contributed by atoms with E-state index in [1.165, 1.54) is 16.7 Å². The first-order valence-electron chi connectivity index (χ1n) is 9.08. The summed E-state index contributed by atoms with van der Waals surface area (Å²) in [5, 5.41) is 2.49. The van der Waals surface area contributed by atoms with Crippen molar-refractivity contribution in [3.05, 3.63) is 70.3 Å². The molecule has 1 aliphatic heterocycles. The molecule has 0 atom stereocenters. The molecule has 2 aromatic heterocycles. The van der Waals surface area contributed by atoms with E-state index in [2.05, 4.69) is 10.3 Å². The molecule has 1 N–H and O–H groups in total. The lowest BCUT2D eigenvalue weighted by atomic mass is 10.1. The van der Waals surface area contributed by atoms with Crippen molar-refractivity contribution in [3.8, 4) is 0 Å². The summed E-state index contributed by atoms with van der Waals surface area (Å²) in [4.78, 5) is 31.3. The molecule has 6 nitrogen and oxygen atoms in total. The number of nitrogens with one attached hydrogen (secondary N) is 1. The Hall–Kier alpha value is -3.36. The lowest BCUT2D eigenvalue weighted by Crippen LogP contribution is -2.28. The zero-order chi connectivity index (χ0) is 20.6. The number of benzene rings is 1. The summed E-state index contributed by atoms with van der Waals surface area (Å²) in [6.07, 6.45) is -0.0979. The first-order valence-corrected chi connectivity index (χ1v) is 9.08. The fourth-order valence-electron chi connectivity index (χ4n) is 3.42. The second kappa shape index (κ2) is 7.23. The van der Waals surface area contributed by atoms with Crippen molar-refractivity contribution in [1.29, 1.82) is 0 Å². The summed E-state index contributed by atoms with van der Waals surface area (Å²) in [6.45, 7) is 1.38. The Morgan fingerprint density at radius 2 is 1.86 bits per heavy atom. The average Bonchev–Trinajstić information content (AvgIpc) is 3.22. The molecule has 3 heterocycles. The van der Waals surface area contributed by atoms with Gasteiger partial charge in [0.15, 0.2) is 0 Å².